The fourth-order valence-corrected chi connectivity index (χ4v) is 2.85. The molecule has 5 heteroatoms. The van der Waals surface area contributed by atoms with Crippen molar-refractivity contribution < 1.29 is 0 Å². The topological polar surface area (TPSA) is 63.3 Å². The van der Waals surface area contributed by atoms with Crippen molar-refractivity contribution >= 4 is 23.4 Å². The molecular formula is C17H22N4S. The molecule has 0 saturated carbocycles. The summed E-state index contributed by atoms with van der Waals surface area (Å²) >= 11 is 1.72. The number of aromatic nitrogens is 1. The highest BCUT2D eigenvalue weighted by Crippen LogP contribution is 2.16. The summed E-state index contributed by atoms with van der Waals surface area (Å²) in [7, 11) is 0. The monoisotopic (exact) mass is 314 g/mol. The molecule has 2 aromatic rings. The van der Waals surface area contributed by atoms with E-state index in [2.05, 4.69) is 60.3 Å². The van der Waals surface area contributed by atoms with Gasteiger partial charge < -0.3 is 11.1 Å². The molecule has 0 spiro atoms. The summed E-state index contributed by atoms with van der Waals surface area (Å²) in [4.78, 5) is 8.71. The number of nitrogens with one attached hydrogen (secondary N) is 1. The third-order valence-electron chi connectivity index (χ3n) is 3.02. The number of thioether (sulfide) groups is 1. The third kappa shape index (κ3) is 5.07. The van der Waals surface area contributed by atoms with Gasteiger partial charge in [-0.25, -0.2) is 9.98 Å². The molecule has 22 heavy (non-hydrogen) atoms. The molecular weight excluding hydrogens is 292 g/mol. The molecule has 3 N–H and O–H groups in total. The van der Waals surface area contributed by atoms with Gasteiger partial charge in [0.2, 0.25) is 0 Å². The Labute approximate surface area is 136 Å². The molecule has 0 amide bonds. The number of rotatable bonds is 5. The van der Waals surface area contributed by atoms with Crippen LogP contribution in [0.4, 0.5) is 5.69 Å². The number of aryl methyl sites for hydroxylation is 2. The molecule has 0 aliphatic heterocycles. The highest BCUT2D eigenvalue weighted by molar-refractivity contribution is 7.99. The lowest BCUT2D eigenvalue weighted by Gasteiger charge is -2.08. The summed E-state index contributed by atoms with van der Waals surface area (Å²) in [6, 6.07) is 10.3. The maximum atomic E-state index is 5.97. The summed E-state index contributed by atoms with van der Waals surface area (Å²) in [5, 5.41) is 4.16. The number of pyridine rings is 1. The van der Waals surface area contributed by atoms with Crippen molar-refractivity contribution in [1.82, 2.24) is 4.98 Å². The average Bonchev–Trinajstić information content (AvgIpc) is 2.45. The van der Waals surface area contributed by atoms with E-state index in [9.17, 15) is 0 Å². The van der Waals surface area contributed by atoms with Gasteiger partial charge in [-0.1, -0.05) is 13.0 Å². The molecule has 4 nitrogen and oxygen atoms in total. The lowest BCUT2D eigenvalue weighted by atomic mass is 10.1. The maximum absolute atomic E-state index is 5.97. The second-order valence-corrected chi connectivity index (χ2v) is 6.42. The minimum absolute atomic E-state index is 0.423. The van der Waals surface area contributed by atoms with E-state index in [1.54, 1.807) is 11.8 Å². The third-order valence-corrected chi connectivity index (χ3v) is 3.83. The summed E-state index contributed by atoms with van der Waals surface area (Å²) in [6.45, 7) is 6.79. The fraction of sp³-hybridized carbons (Fsp3) is 0.294. The predicted molar refractivity (Wildman–Crippen MR) is 95.5 cm³/mol. The first-order valence-electron chi connectivity index (χ1n) is 7.30. The minimum atomic E-state index is 0.423. The van der Waals surface area contributed by atoms with Gasteiger partial charge in [0, 0.05) is 11.9 Å². The molecule has 0 aliphatic rings. The van der Waals surface area contributed by atoms with Crippen LogP contribution in [0.5, 0.6) is 0 Å². The number of benzene rings is 1. The molecule has 0 unspecified atom stereocenters. The number of hydrogen-bond acceptors (Lipinski definition) is 3. The quantitative estimate of drug-likeness (QED) is 0.501. The van der Waals surface area contributed by atoms with Gasteiger partial charge in [-0.05, 0) is 60.6 Å². The molecule has 0 fully saturated rings. The molecule has 1 heterocycles. The van der Waals surface area contributed by atoms with Crippen LogP contribution < -0.4 is 11.1 Å². The largest absolute Gasteiger partial charge is 0.370 e. The van der Waals surface area contributed by atoms with Gasteiger partial charge >= 0.3 is 0 Å². The Hall–Kier alpha value is -2.01. The van der Waals surface area contributed by atoms with E-state index in [0.717, 1.165) is 22.0 Å². The normalized spacial score (nSPS) is 11.5. The van der Waals surface area contributed by atoms with E-state index in [1.165, 1.54) is 11.1 Å². The van der Waals surface area contributed by atoms with Crippen LogP contribution >= 0.6 is 11.8 Å². The molecule has 0 bridgehead atoms. The van der Waals surface area contributed by atoms with Gasteiger partial charge in [0.1, 0.15) is 0 Å². The van der Waals surface area contributed by atoms with Crippen LogP contribution in [0.1, 0.15) is 23.6 Å². The molecule has 0 aliphatic carbocycles. The van der Waals surface area contributed by atoms with E-state index in [0.29, 0.717) is 12.5 Å². The molecule has 2 rings (SSSR count). The number of guanidine groups is 1. The second-order valence-electron chi connectivity index (χ2n) is 5.14. The van der Waals surface area contributed by atoms with Crippen LogP contribution in [-0.2, 0) is 6.54 Å². The fourth-order valence-electron chi connectivity index (χ4n) is 2.19. The van der Waals surface area contributed by atoms with E-state index < -0.39 is 0 Å². The Morgan fingerprint density at radius 3 is 2.64 bits per heavy atom. The smallest absolute Gasteiger partial charge is 0.193 e. The Bertz CT molecular complexity index is 647. The van der Waals surface area contributed by atoms with Gasteiger partial charge in [-0.2, -0.15) is 0 Å². The number of anilines is 1. The number of aliphatic imine (C=N–C) groups is 1. The van der Waals surface area contributed by atoms with Gasteiger partial charge in [0.25, 0.3) is 0 Å². The van der Waals surface area contributed by atoms with Gasteiger partial charge in [0.05, 0.1) is 11.6 Å². The molecule has 1 aromatic heterocycles. The standard InChI is InChI=1S/C17H22N4S/c1-4-22-16-10-14(5-6-19-16)11-20-17(18)21-15-8-12(2)7-13(3)9-15/h5-10H,4,11H2,1-3H3,(H3,18,20,21). The van der Waals surface area contributed by atoms with Crippen LogP contribution in [-0.4, -0.2) is 16.7 Å². The molecule has 0 atom stereocenters. The molecule has 1 aromatic carbocycles. The predicted octanol–water partition coefficient (Wildman–Crippen LogP) is 3.74. The van der Waals surface area contributed by atoms with Crippen molar-refractivity contribution in [2.24, 2.45) is 10.7 Å². The zero-order valence-electron chi connectivity index (χ0n) is 13.3. The first-order valence-corrected chi connectivity index (χ1v) is 8.28. The zero-order valence-corrected chi connectivity index (χ0v) is 14.1. The van der Waals surface area contributed by atoms with Crippen LogP contribution in [0.2, 0.25) is 0 Å². The molecule has 0 radical (unpaired) electrons. The number of hydrogen-bond donors (Lipinski definition) is 2. The Morgan fingerprint density at radius 1 is 1.23 bits per heavy atom. The van der Waals surface area contributed by atoms with Crippen molar-refractivity contribution in [2.45, 2.75) is 32.3 Å². The zero-order chi connectivity index (χ0) is 15.9. The van der Waals surface area contributed by atoms with Crippen molar-refractivity contribution in [3.63, 3.8) is 0 Å². The second kappa shape index (κ2) is 7.84. The highest BCUT2D eigenvalue weighted by atomic mass is 32.2. The summed E-state index contributed by atoms with van der Waals surface area (Å²) < 4.78 is 0. The minimum Gasteiger partial charge on any atom is -0.370 e. The Morgan fingerprint density at radius 2 is 1.95 bits per heavy atom. The van der Waals surface area contributed by atoms with Crippen molar-refractivity contribution in [3.8, 4) is 0 Å². The van der Waals surface area contributed by atoms with Gasteiger partial charge in [-0.3, -0.25) is 0 Å². The first kappa shape index (κ1) is 16.4. The van der Waals surface area contributed by atoms with Crippen LogP contribution in [0.25, 0.3) is 0 Å². The van der Waals surface area contributed by atoms with E-state index in [1.807, 2.05) is 12.3 Å². The molecule has 0 saturated heterocycles. The van der Waals surface area contributed by atoms with E-state index in [-0.39, 0.29) is 0 Å². The lowest BCUT2D eigenvalue weighted by Crippen LogP contribution is -2.22. The lowest BCUT2D eigenvalue weighted by molar-refractivity contribution is 1.01. The summed E-state index contributed by atoms with van der Waals surface area (Å²) in [6.07, 6.45) is 1.82. The van der Waals surface area contributed by atoms with Crippen molar-refractivity contribution in [3.05, 3.63) is 53.2 Å². The summed E-state index contributed by atoms with van der Waals surface area (Å²) in [5.74, 6) is 1.43. The Kier molecular flexibility index (Phi) is 5.83. The van der Waals surface area contributed by atoms with Crippen molar-refractivity contribution in [1.29, 1.82) is 0 Å². The Balaban J connectivity index is 2.01. The maximum Gasteiger partial charge on any atom is 0.193 e. The van der Waals surface area contributed by atoms with Crippen LogP contribution in [0.15, 0.2) is 46.5 Å². The first-order chi connectivity index (χ1) is 10.6. The number of nitrogens with two attached hydrogens (primary N) is 1. The average molecular weight is 314 g/mol. The van der Waals surface area contributed by atoms with Gasteiger partial charge in [0.15, 0.2) is 5.96 Å². The molecule has 116 valence electrons. The van der Waals surface area contributed by atoms with Crippen molar-refractivity contribution in [2.75, 3.05) is 11.1 Å². The van der Waals surface area contributed by atoms with E-state index >= 15 is 0 Å². The number of nitrogens with zero attached hydrogens (tertiary/aromatic N) is 2. The van der Waals surface area contributed by atoms with E-state index in [4.69, 9.17) is 5.73 Å². The van der Waals surface area contributed by atoms with Crippen LogP contribution in [0, 0.1) is 13.8 Å². The van der Waals surface area contributed by atoms with Crippen LogP contribution in [0.3, 0.4) is 0 Å². The SMILES string of the molecule is CCSc1cc(CN=C(N)Nc2cc(C)cc(C)c2)ccn1. The highest BCUT2D eigenvalue weighted by Gasteiger charge is 2.00. The summed E-state index contributed by atoms with van der Waals surface area (Å²) in [5.41, 5.74) is 10.4. The van der Waals surface area contributed by atoms with Gasteiger partial charge in [-0.15, -0.1) is 11.8 Å².